The fourth-order valence-corrected chi connectivity index (χ4v) is 1.39. The molecule has 1 aromatic carbocycles. The molecule has 0 amide bonds. The summed E-state index contributed by atoms with van der Waals surface area (Å²) in [6, 6.07) is 4.62. The van der Waals surface area contributed by atoms with Crippen molar-refractivity contribution >= 4 is 5.69 Å². The van der Waals surface area contributed by atoms with E-state index in [2.05, 4.69) is 4.98 Å². The van der Waals surface area contributed by atoms with Crippen molar-refractivity contribution in [3.05, 3.63) is 58.0 Å². The number of pyridine rings is 1. The maximum atomic E-state index is 13.3. The predicted molar refractivity (Wildman–Crippen MR) is 62.2 cm³/mol. The summed E-state index contributed by atoms with van der Waals surface area (Å²) in [6.45, 7) is -0.139. The number of nitrogens with one attached hydrogen (secondary N) is 1. The van der Waals surface area contributed by atoms with E-state index in [0.29, 0.717) is 0 Å². The van der Waals surface area contributed by atoms with Crippen LogP contribution in [0.5, 0.6) is 5.75 Å². The molecule has 0 unspecified atom stereocenters. The number of ether oxygens (including phenoxy) is 1. The van der Waals surface area contributed by atoms with Gasteiger partial charge in [-0.2, -0.15) is 0 Å². The molecule has 3 N–H and O–H groups in total. The number of aromatic nitrogens is 1. The highest BCUT2D eigenvalue weighted by Crippen LogP contribution is 2.18. The van der Waals surface area contributed by atoms with Gasteiger partial charge in [-0.25, -0.2) is 8.78 Å². The van der Waals surface area contributed by atoms with Crippen LogP contribution in [0.4, 0.5) is 14.5 Å². The second-order valence-corrected chi connectivity index (χ2v) is 3.61. The van der Waals surface area contributed by atoms with E-state index in [4.69, 9.17) is 10.5 Å². The number of nitrogen functional groups attached to an aromatic ring is 1. The summed E-state index contributed by atoms with van der Waals surface area (Å²) in [6.07, 6.45) is 1.37. The molecule has 0 fully saturated rings. The molecule has 18 heavy (non-hydrogen) atoms. The SMILES string of the molecule is Nc1c(OCc2ccc(F)cc2F)cc[nH]c1=O. The smallest absolute Gasteiger partial charge is 0.274 e. The summed E-state index contributed by atoms with van der Waals surface area (Å²) >= 11 is 0. The number of rotatable bonds is 3. The molecular formula is C12H10F2N2O2. The molecule has 2 rings (SSSR count). The number of anilines is 1. The molecule has 0 aliphatic rings. The van der Waals surface area contributed by atoms with Crippen LogP contribution in [0.1, 0.15) is 5.56 Å². The first-order valence-corrected chi connectivity index (χ1v) is 5.12. The summed E-state index contributed by atoms with van der Waals surface area (Å²) in [4.78, 5) is 13.6. The number of hydrogen-bond acceptors (Lipinski definition) is 3. The summed E-state index contributed by atoms with van der Waals surface area (Å²) in [5.41, 5.74) is 5.10. The Morgan fingerprint density at radius 2 is 2.06 bits per heavy atom. The van der Waals surface area contributed by atoms with E-state index in [1.54, 1.807) is 0 Å². The number of halogens is 2. The lowest BCUT2D eigenvalue weighted by atomic mass is 10.2. The van der Waals surface area contributed by atoms with Crippen molar-refractivity contribution in [2.24, 2.45) is 0 Å². The minimum Gasteiger partial charge on any atom is -0.486 e. The molecule has 0 spiro atoms. The van der Waals surface area contributed by atoms with Crippen molar-refractivity contribution in [3.8, 4) is 5.75 Å². The maximum Gasteiger partial charge on any atom is 0.274 e. The number of H-pyrrole nitrogens is 1. The molecule has 0 radical (unpaired) electrons. The predicted octanol–water partition coefficient (Wildman–Crippen LogP) is 1.81. The molecule has 2 aromatic rings. The zero-order chi connectivity index (χ0) is 13.1. The van der Waals surface area contributed by atoms with Crippen molar-refractivity contribution in [3.63, 3.8) is 0 Å². The van der Waals surface area contributed by atoms with E-state index in [-0.39, 0.29) is 23.6 Å². The second-order valence-electron chi connectivity index (χ2n) is 3.61. The molecular weight excluding hydrogens is 242 g/mol. The van der Waals surface area contributed by atoms with E-state index in [1.807, 2.05) is 0 Å². The van der Waals surface area contributed by atoms with E-state index < -0.39 is 17.2 Å². The van der Waals surface area contributed by atoms with Crippen LogP contribution < -0.4 is 16.0 Å². The van der Waals surface area contributed by atoms with Crippen molar-refractivity contribution in [2.45, 2.75) is 6.61 Å². The average Bonchev–Trinajstić information content (AvgIpc) is 2.33. The average molecular weight is 252 g/mol. The van der Waals surface area contributed by atoms with E-state index >= 15 is 0 Å². The first kappa shape index (κ1) is 12.1. The first-order valence-electron chi connectivity index (χ1n) is 5.12. The van der Waals surface area contributed by atoms with Gasteiger partial charge in [-0.15, -0.1) is 0 Å². The Morgan fingerprint density at radius 1 is 1.28 bits per heavy atom. The molecule has 6 heteroatoms. The topological polar surface area (TPSA) is 68.1 Å². The molecule has 0 saturated carbocycles. The molecule has 0 aliphatic carbocycles. The Bertz CT molecular complexity index is 626. The Labute approximate surface area is 101 Å². The van der Waals surface area contributed by atoms with Crippen molar-refractivity contribution in [2.75, 3.05) is 5.73 Å². The summed E-state index contributed by atoms with van der Waals surface area (Å²) in [7, 11) is 0. The molecule has 1 heterocycles. The third-order valence-electron chi connectivity index (χ3n) is 2.36. The summed E-state index contributed by atoms with van der Waals surface area (Å²) in [5.74, 6) is -1.21. The number of hydrogen-bond donors (Lipinski definition) is 2. The van der Waals surface area contributed by atoms with E-state index in [0.717, 1.165) is 12.1 Å². The van der Waals surface area contributed by atoms with E-state index in [9.17, 15) is 13.6 Å². The molecule has 0 bridgehead atoms. The Balaban J connectivity index is 2.16. The zero-order valence-corrected chi connectivity index (χ0v) is 9.24. The van der Waals surface area contributed by atoms with Gasteiger partial charge in [0.2, 0.25) is 0 Å². The van der Waals surface area contributed by atoms with Gasteiger partial charge in [-0.3, -0.25) is 4.79 Å². The molecule has 94 valence electrons. The minimum atomic E-state index is -0.710. The molecule has 4 nitrogen and oxygen atoms in total. The maximum absolute atomic E-state index is 13.3. The molecule has 1 aromatic heterocycles. The van der Waals surface area contributed by atoms with Gasteiger partial charge in [0.15, 0.2) is 0 Å². The highest BCUT2D eigenvalue weighted by atomic mass is 19.1. The quantitative estimate of drug-likeness (QED) is 0.875. The van der Waals surface area contributed by atoms with Crippen LogP contribution in [0, 0.1) is 11.6 Å². The van der Waals surface area contributed by atoms with Gasteiger partial charge in [0.25, 0.3) is 5.56 Å². The number of aromatic amines is 1. The molecule has 0 saturated heterocycles. The standard InChI is InChI=1S/C12H10F2N2O2/c13-8-2-1-7(9(14)5-8)6-18-10-3-4-16-12(17)11(10)15/h1-5H,6,15H2,(H,16,17). The van der Waals surface area contributed by atoms with Crippen molar-refractivity contribution in [1.82, 2.24) is 4.98 Å². The number of benzene rings is 1. The highest BCUT2D eigenvalue weighted by Gasteiger charge is 2.07. The lowest BCUT2D eigenvalue weighted by Crippen LogP contribution is -2.13. The summed E-state index contributed by atoms with van der Waals surface area (Å²) in [5, 5.41) is 0. The van der Waals surface area contributed by atoms with Crippen LogP contribution in [0.25, 0.3) is 0 Å². The number of nitrogens with two attached hydrogens (primary N) is 1. The van der Waals surface area contributed by atoms with Crippen LogP contribution in [-0.2, 0) is 6.61 Å². The first-order chi connectivity index (χ1) is 8.58. The lowest BCUT2D eigenvalue weighted by molar-refractivity contribution is 0.300. The third kappa shape index (κ3) is 2.48. The van der Waals surface area contributed by atoms with Crippen molar-refractivity contribution < 1.29 is 13.5 Å². The van der Waals surface area contributed by atoms with Crippen LogP contribution in [0.2, 0.25) is 0 Å². The molecule has 0 atom stereocenters. The Hall–Kier alpha value is -2.37. The lowest BCUT2D eigenvalue weighted by Gasteiger charge is -2.08. The largest absolute Gasteiger partial charge is 0.486 e. The van der Waals surface area contributed by atoms with Gasteiger partial charge in [-0.05, 0) is 18.2 Å². The second kappa shape index (κ2) is 4.87. The van der Waals surface area contributed by atoms with Gasteiger partial charge >= 0.3 is 0 Å². The fourth-order valence-electron chi connectivity index (χ4n) is 1.39. The van der Waals surface area contributed by atoms with Gasteiger partial charge in [-0.1, -0.05) is 0 Å². The van der Waals surface area contributed by atoms with Gasteiger partial charge < -0.3 is 15.5 Å². The zero-order valence-electron chi connectivity index (χ0n) is 9.24. The van der Waals surface area contributed by atoms with Crippen LogP contribution in [0.15, 0.2) is 35.3 Å². The van der Waals surface area contributed by atoms with Crippen molar-refractivity contribution in [1.29, 1.82) is 0 Å². The summed E-state index contributed by atoms with van der Waals surface area (Å²) < 4.78 is 31.2. The van der Waals surface area contributed by atoms with Crippen LogP contribution in [-0.4, -0.2) is 4.98 Å². The van der Waals surface area contributed by atoms with Crippen LogP contribution >= 0.6 is 0 Å². The monoisotopic (exact) mass is 252 g/mol. The van der Waals surface area contributed by atoms with Crippen LogP contribution in [0.3, 0.4) is 0 Å². The minimum absolute atomic E-state index is 0.0833. The Kier molecular flexibility index (Phi) is 3.27. The van der Waals surface area contributed by atoms with Gasteiger partial charge in [0.1, 0.15) is 29.7 Å². The fraction of sp³-hybridized carbons (Fsp3) is 0.0833. The van der Waals surface area contributed by atoms with Gasteiger partial charge in [0, 0.05) is 17.8 Å². The third-order valence-corrected chi connectivity index (χ3v) is 2.36. The normalized spacial score (nSPS) is 10.3. The highest BCUT2D eigenvalue weighted by molar-refractivity contribution is 5.49. The van der Waals surface area contributed by atoms with E-state index in [1.165, 1.54) is 18.3 Å². The Morgan fingerprint density at radius 3 is 2.78 bits per heavy atom. The van der Waals surface area contributed by atoms with Gasteiger partial charge in [0.05, 0.1) is 0 Å². The molecule has 0 aliphatic heterocycles.